The summed E-state index contributed by atoms with van der Waals surface area (Å²) >= 11 is 0. The summed E-state index contributed by atoms with van der Waals surface area (Å²) in [6.45, 7) is 2.09. The van der Waals surface area contributed by atoms with Gasteiger partial charge in [0.05, 0.1) is 19.0 Å². The molecule has 2 aromatic carbocycles. The summed E-state index contributed by atoms with van der Waals surface area (Å²) in [6, 6.07) is 18.6. The number of fused-ring (bicyclic) bond motifs is 1. The van der Waals surface area contributed by atoms with Crippen LogP contribution in [0.15, 0.2) is 73.1 Å². The third-order valence-corrected chi connectivity index (χ3v) is 7.45. The molecule has 36 heavy (non-hydrogen) atoms. The van der Waals surface area contributed by atoms with E-state index in [0.717, 1.165) is 42.3 Å². The van der Waals surface area contributed by atoms with E-state index in [4.69, 9.17) is 4.74 Å². The number of aromatic nitrogens is 2. The topological polar surface area (TPSA) is 64.1 Å². The van der Waals surface area contributed by atoms with E-state index in [-0.39, 0.29) is 17.8 Å². The standard InChI is InChI=1S/C30H30FN3O2/c1-19(34-30(35)23-12-10-22(11-13-23)28-15-14-24(36-2)18-33-28)20-6-8-21(9-7-20)25-16-17-32-29-26(25)4-3-5-27(29)31/h3-5,10-21H,6-9H2,1-2H3,(H,34,35)/t19-,20?,21?/m1/s1. The maximum atomic E-state index is 14.2. The Morgan fingerprint density at radius 3 is 2.47 bits per heavy atom. The van der Waals surface area contributed by atoms with Crippen molar-refractivity contribution in [1.29, 1.82) is 0 Å². The van der Waals surface area contributed by atoms with Gasteiger partial charge >= 0.3 is 0 Å². The van der Waals surface area contributed by atoms with E-state index in [1.807, 2.05) is 48.5 Å². The fraction of sp³-hybridized carbons (Fsp3) is 0.300. The fourth-order valence-electron chi connectivity index (χ4n) is 5.32. The van der Waals surface area contributed by atoms with Crippen LogP contribution < -0.4 is 10.1 Å². The summed E-state index contributed by atoms with van der Waals surface area (Å²) in [6.07, 6.45) is 7.47. The zero-order chi connectivity index (χ0) is 25.1. The number of halogens is 1. The molecule has 0 aliphatic heterocycles. The largest absolute Gasteiger partial charge is 0.495 e. The van der Waals surface area contributed by atoms with Gasteiger partial charge < -0.3 is 10.1 Å². The molecule has 4 aromatic rings. The Morgan fingerprint density at radius 2 is 1.78 bits per heavy atom. The molecule has 1 aliphatic carbocycles. The van der Waals surface area contributed by atoms with E-state index < -0.39 is 0 Å². The van der Waals surface area contributed by atoms with Gasteiger partial charge in [0.15, 0.2) is 0 Å². The van der Waals surface area contributed by atoms with Gasteiger partial charge in [-0.1, -0.05) is 24.3 Å². The second-order valence-corrected chi connectivity index (χ2v) is 9.57. The summed E-state index contributed by atoms with van der Waals surface area (Å²) in [5.74, 6) is 1.18. The van der Waals surface area contributed by atoms with Crippen LogP contribution in [0.2, 0.25) is 0 Å². The van der Waals surface area contributed by atoms with E-state index in [2.05, 4.69) is 22.2 Å². The van der Waals surface area contributed by atoms with E-state index in [0.29, 0.717) is 28.7 Å². The smallest absolute Gasteiger partial charge is 0.251 e. The highest BCUT2D eigenvalue weighted by Crippen LogP contribution is 2.39. The lowest BCUT2D eigenvalue weighted by molar-refractivity contribution is 0.0918. The van der Waals surface area contributed by atoms with E-state index >= 15 is 0 Å². The Morgan fingerprint density at radius 1 is 1.00 bits per heavy atom. The highest BCUT2D eigenvalue weighted by atomic mass is 19.1. The second kappa shape index (κ2) is 10.4. The molecule has 1 N–H and O–H groups in total. The van der Waals surface area contributed by atoms with Crippen molar-refractivity contribution in [2.75, 3.05) is 7.11 Å². The van der Waals surface area contributed by atoms with Crippen LogP contribution in [0.25, 0.3) is 22.2 Å². The highest BCUT2D eigenvalue weighted by Gasteiger charge is 2.28. The number of ether oxygens (including phenoxy) is 1. The number of nitrogens with one attached hydrogen (secondary N) is 1. The lowest BCUT2D eigenvalue weighted by atomic mass is 9.75. The monoisotopic (exact) mass is 483 g/mol. The number of pyridine rings is 2. The van der Waals surface area contributed by atoms with Crippen LogP contribution in [0.3, 0.4) is 0 Å². The van der Waals surface area contributed by atoms with Crippen molar-refractivity contribution in [3.63, 3.8) is 0 Å². The minimum absolute atomic E-state index is 0.0607. The summed E-state index contributed by atoms with van der Waals surface area (Å²) in [5.41, 5.74) is 4.05. The average Bonchev–Trinajstić information content (AvgIpc) is 2.93. The molecule has 0 spiro atoms. The van der Waals surface area contributed by atoms with Gasteiger partial charge in [0, 0.05) is 28.8 Å². The number of nitrogens with zero attached hydrogens (tertiary/aromatic N) is 2. The molecule has 5 nitrogen and oxygen atoms in total. The number of amides is 1. The molecule has 1 aliphatic rings. The molecule has 5 rings (SSSR count). The second-order valence-electron chi connectivity index (χ2n) is 9.57. The molecule has 1 saturated carbocycles. The van der Waals surface area contributed by atoms with Crippen LogP contribution in [-0.2, 0) is 0 Å². The number of rotatable bonds is 6. The SMILES string of the molecule is COc1ccc(-c2ccc(C(=O)N[C@H](C)C3CCC(c4ccnc5c(F)cccc45)CC3)cc2)nc1. The lowest BCUT2D eigenvalue weighted by Gasteiger charge is -2.33. The Balaban J connectivity index is 1.19. The Kier molecular flexibility index (Phi) is 6.94. The van der Waals surface area contributed by atoms with Crippen molar-refractivity contribution >= 4 is 16.8 Å². The maximum Gasteiger partial charge on any atom is 0.251 e. The Labute approximate surface area is 210 Å². The van der Waals surface area contributed by atoms with Crippen LogP contribution in [0.4, 0.5) is 4.39 Å². The average molecular weight is 484 g/mol. The van der Waals surface area contributed by atoms with Crippen molar-refractivity contribution in [2.24, 2.45) is 5.92 Å². The van der Waals surface area contributed by atoms with Gasteiger partial charge in [-0.15, -0.1) is 0 Å². The van der Waals surface area contributed by atoms with Crippen LogP contribution in [0.1, 0.15) is 54.4 Å². The third kappa shape index (κ3) is 4.94. The van der Waals surface area contributed by atoms with Gasteiger partial charge in [-0.25, -0.2) is 4.39 Å². The normalized spacial score (nSPS) is 18.5. The molecular weight excluding hydrogens is 453 g/mol. The number of benzene rings is 2. The first-order valence-corrected chi connectivity index (χ1v) is 12.5. The van der Waals surface area contributed by atoms with Gasteiger partial charge in [-0.05, 0) is 86.4 Å². The number of hydrogen-bond acceptors (Lipinski definition) is 4. The summed E-state index contributed by atoms with van der Waals surface area (Å²) < 4.78 is 19.3. The quantitative estimate of drug-likeness (QED) is 0.338. The van der Waals surface area contributed by atoms with Crippen molar-refractivity contribution < 1.29 is 13.9 Å². The minimum Gasteiger partial charge on any atom is -0.495 e. The van der Waals surface area contributed by atoms with Gasteiger partial charge in [-0.2, -0.15) is 0 Å². The molecule has 0 radical (unpaired) electrons. The summed E-state index contributed by atoms with van der Waals surface area (Å²) in [7, 11) is 1.61. The fourth-order valence-corrected chi connectivity index (χ4v) is 5.32. The highest BCUT2D eigenvalue weighted by molar-refractivity contribution is 5.94. The lowest BCUT2D eigenvalue weighted by Crippen LogP contribution is -2.39. The summed E-state index contributed by atoms with van der Waals surface area (Å²) in [5, 5.41) is 4.11. The predicted octanol–water partition coefficient (Wildman–Crippen LogP) is 6.54. The van der Waals surface area contributed by atoms with Crippen LogP contribution in [0.5, 0.6) is 5.75 Å². The molecule has 0 saturated heterocycles. The first-order chi connectivity index (χ1) is 17.5. The van der Waals surface area contributed by atoms with E-state index in [9.17, 15) is 9.18 Å². The Hall–Kier alpha value is -3.80. The van der Waals surface area contributed by atoms with Gasteiger partial charge in [0.25, 0.3) is 5.91 Å². The number of para-hydroxylation sites is 1. The number of carbonyl (C=O) groups is 1. The predicted molar refractivity (Wildman–Crippen MR) is 140 cm³/mol. The van der Waals surface area contributed by atoms with E-state index in [1.54, 1.807) is 25.6 Å². The molecule has 2 heterocycles. The first kappa shape index (κ1) is 23.9. The number of methoxy groups -OCH3 is 1. The molecule has 1 atom stereocenters. The zero-order valence-electron chi connectivity index (χ0n) is 20.6. The van der Waals surface area contributed by atoms with Crippen molar-refractivity contribution in [1.82, 2.24) is 15.3 Å². The molecule has 0 bridgehead atoms. The van der Waals surface area contributed by atoms with Gasteiger partial charge in [0.2, 0.25) is 0 Å². The number of carbonyl (C=O) groups excluding carboxylic acids is 1. The molecular formula is C30H30FN3O2. The molecule has 1 amide bonds. The third-order valence-electron chi connectivity index (χ3n) is 7.45. The molecule has 0 unspecified atom stereocenters. The van der Waals surface area contributed by atoms with Crippen LogP contribution in [0, 0.1) is 11.7 Å². The molecule has 6 heteroatoms. The molecule has 1 fully saturated rings. The van der Waals surface area contributed by atoms with Gasteiger partial charge in [-0.3, -0.25) is 14.8 Å². The maximum absolute atomic E-state index is 14.2. The Bertz CT molecular complexity index is 1350. The van der Waals surface area contributed by atoms with Crippen LogP contribution in [-0.4, -0.2) is 29.0 Å². The van der Waals surface area contributed by atoms with Crippen molar-refractivity contribution in [3.8, 4) is 17.0 Å². The molecule has 2 aromatic heterocycles. The minimum atomic E-state index is -0.271. The van der Waals surface area contributed by atoms with Crippen molar-refractivity contribution in [2.45, 2.75) is 44.6 Å². The van der Waals surface area contributed by atoms with Crippen molar-refractivity contribution in [3.05, 3.63) is 90.0 Å². The first-order valence-electron chi connectivity index (χ1n) is 12.5. The van der Waals surface area contributed by atoms with Gasteiger partial charge in [0.1, 0.15) is 17.1 Å². The molecule has 184 valence electrons. The van der Waals surface area contributed by atoms with E-state index in [1.165, 1.54) is 11.6 Å². The number of hydrogen-bond donors (Lipinski definition) is 1. The summed E-state index contributed by atoms with van der Waals surface area (Å²) in [4.78, 5) is 21.6. The van der Waals surface area contributed by atoms with Crippen LogP contribution >= 0.6 is 0 Å². The zero-order valence-corrected chi connectivity index (χ0v) is 20.6.